The van der Waals surface area contributed by atoms with E-state index in [0.29, 0.717) is 19.8 Å². The van der Waals surface area contributed by atoms with Gasteiger partial charge in [0, 0.05) is 6.54 Å². The van der Waals surface area contributed by atoms with Gasteiger partial charge in [-0.05, 0) is 25.1 Å². The van der Waals surface area contributed by atoms with E-state index >= 15 is 0 Å². The Morgan fingerprint density at radius 3 is 2.26 bits per heavy atom. The second-order valence-electron chi connectivity index (χ2n) is 5.94. The van der Waals surface area contributed by atoms with Gasteiger partial charge in [0.2, 0.25) is 5.91 Å². The van der Waals surface area contributed by atoms with Crippen LogP contribution in [0.3, 0.4) is 0 Å². The van der Waals surface area contributed by atoms with Gasteiger partial charge < -0.3 is 14.5 Å². The Balaban J connectivity index is 3.87. The average molecular weight is 289 g/mol. The molecule has 1 amide bonds. The number of esters is 1. The van der Waals surface area contributed by atoms with Crippen LogP contribution in [0.15, 0.2) is 0 Å². The normalized spacial score (nSPS) is 12.1. The molecule has 0 heterocycles. The van der Waals surface area contributed by atoms with Gasteiger partial charge in [-0.3, -0.25) is 9.59 Å². The summed E-state index contributed by atoms with van der Waals surface area (Å²) in [5.74, 6) is -0.817. The summed E-state index contributed by atoms with van der Waals surface area (Å²) in [5.41, 5.74) is 0. The highest BCUT2D eigenvalue weighted by atomic mass is 28.4. The van der Waals surface area contributed by atoms with Crippen molar-refractivity contribution < 1.29 is 18.8 Å². The first-order valence-electron chi connectivity index (χ1n) is 6.66. The summed E-state index contributed by atoms with van der Waals surface area (Å²) in [6.45, 7) is 13.7. The van der Waals surface area contributed by atoms with E-state index in [9.17, 15) is 9.59 Å². The summed E-state index contributed by atoms with van der Waals surface area (Å²) in [4.78, 5) is 22.5. The Kier molecular flexibility index (Phi) is 7.29. The molecule has 6 heteroatoms. The molecular formula is C13H27NO4Si. The highest BCUT2D eigenvalue weighted by molar-refractivity contribution is 6.74. The maximum atomic E-state index is 11.4. The van der Waals surface area contributed by atoms with Crippen LogP contribution in [0.25, 0.3) is 0 Å². The van der Waals surface area contributed by atoms with Crippen LogP contribution in [-0.4, -0.2) is 40.0 Å². The molecule has 0 unspecified atom stereocenters. The molecule has 0 aromatic heterocycles. The number of carbonyl (C=O) groups excluding carboxylic acids is 2. The van der Waals surface area contributed by atoms with Crippen molar-refractivity contribution >= 4 is 20.2 Å². The zero-order valence-electron chi connectivity index (χ0n) is 13.0. The van der Waals surface area contributed by atoms with Crippen LogP contribution < -0.4 is 5.32 Å². The van der Waals surface area contributed by atoms with E-state index in [0.717, 1.165) is 0 Å². The predicted molar refractivity (Wildman–Crippen MR) is 77.4 cm³/mol. The van der Waals surface area contributed by atoms with Crippen molar-refractivity contribution in [1.29, 1.82) is 0 Å². The van der Waals surface area contributed by atoms with Crippen LogP contribution in [0.1, 0.15) is 34.1 Å². The summed E-state index contributed by atoms with van der Waals surface area (Å²) in [5, 5.41) is 2.81. The van der Waals surface area contributed by atoms with E-state index in [1.54, 1.807) is 6.92 Å². The summed E-state index contributed by atoms with van der Waals surface area (Å²) in [6, 6.07) is 0. The Morgan fingerprint density at radius 2 is 1.79 bits per heavy atom. The zero-order valence-corrected chi connectivity index (χ0v) is 14.0. The third-order valence-electron chi connectivity index (χ3n) is 3.30. The molecule has 0 rings (SSSR count). The lowest BCUT2D eigenvalue weighted by atomic mass is 10.2. The molecule has 0 bridgehead atoms. The fourth-order valence-electron chi connectivity index (χ4n) is 1.12. The summed E-state index contributed by atoms with van der Waals surface area (Å²) >= 11 is 0. The van der Waals surface area contributed by atoms with Gasteiger partial charge in [-0.15, -0.1) is 0 Å². The molecule has 0 aliphatic rings. The molecule has 0 aliphatic heterocycles. The van der Waals surface area contributed by atoms with Crippen molar-refractivity contribution in [2.24, 2.45) is 0 Å². The van der Waals surface area contributed by atoms with Gasteiger partial charge in [0.25, 0.3) is 0 Å². The van der Waals surface area contributed by atoms with Crippen molar-refractivity contribution in [2.75, 3.05) is 19.8 Å². The van der Waals surface area contributed by atoms with Gasteiger partial charge >= 0.3 is 5.97 Å². The van der Waals surface area contributed by atoms with Crippen LogP contribution in [0, 0.1) is 0 Å². The quantitative estimate of drug-likeness (QED) is 0.337. The van der Waals surface area contributed by atoms with E-state index in [4.69, 9.17) is 9.16 Å². The lowest BCUT2D eigenvalue weighted by molar-refractivity contribution is -0.145. The van der Waals surface area contributed by atoms with E-state index in [1.807, 2.05) is 0 Å². The first-order chi connectivity index (χ1) is 8.60. The summed E-state index contributed by atoms with van der Waals surface area (Å²) in [7, 11) is -1.76. The minimum absolute atomic E-state index is 0.155. The molecular weight excluding hydrogens is 262 g/mol. The second kappa shape index (κ2) is 7.64. The molecule has 0 saturated carbocycles. The molecule has 0 aliphatic carbocycles. The minimum atomic E-state index is -1.76. The third-order valence-corrected chi connectivity index (χ3v) is 7.84. The number of ether oxygens (including phenoxy) is 1. The highest BCUT2D eigenvalue weighted by Crippen LogP contribution is 2.36. The van der Waals surface area contributed by atoms with Gasteiger partial charge in [0.15, 0.2) is 8.32 Å². The predicted octanol–water partition coefficient (Wildman–Crippen LogP) is 2.08. The lowest BCUT2D eigenvalue weighted by Crippen LogP contribution is -2.42. The largest absolute Gasteiger partial charge is 0.466 e. The fraction of sp³-hybridized carbons (Fsp3) is 0.846. The molecule has 19 heavy (non-hydrogen) atoms. The van der Waals surface area contributed by atoms with Gasteiger partial charge in [-0.25, -0.2) is 0 Å². The van der Waals surface area contributed by atoms with Gasteiger partial charge in [0.05, 0.1) is 13.2 Å². The van der Waals surface area contributed by atoms with Crippen LogP contribution >= 0.6 is 0 Å². The Morgan fingerprint density at radius 1 is 1.21 bits per heavy atom. The molecule has 0 saturated heterocycles. The Bertz CT molecular complexity index is 310. The zero-order chi connectivity index (χ0) is 15.1. The third kappa shape index (κ3) is 7.32. The summed E-state index contributed by atoms with van der Waals surface area (Å²) in [6.07, 6.45) is -0.228. The lowest BCUT2D eigenvalue weighted by Gasteiger charge is -2.36. The molecule has 0 radical (unpaired) electrons. The van der Waals surface area contributed by atoms with Gasteiger partial charge in [-0.1, -0.05) is 20.8 Å². The van der Waals surface area contributed by atoms with Crippen molar-refractivity contribution in [3.8, 4) is 0 Å². The molecule has 0 fully saturated rings. The van der Waals surface area contributed by atoms with Crippen LogP contribution in [0.5, 0.6) is 0 Å². The Hall–Kier alpha value is -0.883. The minimum Gasteiger partial charge on any atom is -0.466 e. The molecule has 0 aromatic rings. The van der Waals surface area contributed by atoms with E-state index in [1.165, 1.54) is 0 Å². The molecule has 0 aromatic carbocycles. The van der Waals surface area contributed by atoms with Gasteiger partial charge in [-0.2, -0.15) is 0 Å². The van der Waals surface area contributed by atoms with E-state index in [2.05, 4.69) is 39.2 Å². The number of amides is 1. The maximum absolute atomic E-state index is 11.4. The topological polar surface area (TPSA) is 64.6 Å². The fourth-order valence-corrected chi connectivity index (χ4v) is 2.16. The first-order valence-corrected chi connectivity index (χ1v) is 9.57. The molecule has 1 N–H and O–H groups in total. The highest BCUT2D eigenvalue weighted by Gasteiger charge is 2.36. The first kappa shape index (κ1) is 18.1. The molecule has 0 spiro atoms. The molecule has 112 valence electrons. The standard InChI is InChI=1S/C13H27NO4Si/c1-7-17-12(16)10-11(15)14-8-9-18-19(5,6)13(2,3)4/h7-10H2,1-6H3,(H,14,15). The van der Waals surface area contributed by atoms with Crippen molar-refractivity contribution in [3.05, 3.63) is 0 Å². The molecule has 5 nitrogen and oxygen atoms in total. The van der Waals surface area contributed by atoms with Crippen LogP contribution in [-0.2, 0) is 18.8 Å². The van der Waals surface area contributed by atoms with Crippen LogP contribution in [0.4, 0.5) is 0 Å². The monoisotopic (exact) mass is 289 g/mol. The Labute approximate surface area is 117 Å². The smallest absolute Gasteiger partial charge is 0.315 e. The number of carbonyl (C=O) groups is 2. The van der Waals surface area contributed by atoms with Gasteiger partial charge in [0.1, 0.15) is 6.42 Å². The van der Waals surface area contributed by atoms with Crippen molar-refractivity contribution in [2.45, 2.75) is 52.2 Å². The van der Waals surface area contributed by atoms with E-state index < -0.39 is 14.3 Å². The molecule has 0 atom stereocenters. The van der Waals surface area contributed by atoms with Crippen molar-refractivity contribution in [1.82, 2.24) is 5.32 Å². The maximum Gasteiger partial charge on any atom is 0.315 e. The average Bonchev–Trinajstić information content (AvgIpc) is 2.23. The number of hydrogen-bond acceptors (Lipinski definition) is 4. The summed E-state index contributed by atoms with van der Waals surface area (Å²) < 4.78 is 10.6. The number of rotatable bonds is 7. The van der Waals surface area contributed by atoms with E-state index in [-0.39, 0.29) is 17.4 Å². The number of nitrogens with one attached hydrogen (secondary N) is 1. The second-order valence-corrected chi connectivity index (χ2v) is 10.7. The van der Waals surface area contributed by atoms with Crippen molar-refractivity contribution in [3.63, 3.8) is 0 Å². The SMILES string of the molecule is CCOC(=O)CC(=O)NCCO[Si](C)(C)C(C)(C)C. The van der Waals surface area contributed by atoms with Crippen LogP contribution in [0.2, 0.25) is 18.1 Å². The number of hydrogen-bond donors (Lipinski definition) is 1.